The first-order valence-corrected chi connectivity index (χ1v) is 7.02. The van der Waals surface area contributed by atoms with Crippen LogP contribution < -0.4 is 5.73 Å². The molecule has 0 unspecified atom stereocenters. The molecule has 96 valence electrons. The molecule has 1 aromatic rings. The van der Waals surface area contributed by atoms with Gasteiger partial charge in [-0.1, -0.05) is 0 Å². The SMILES string of the molecule is Cc1[nH]nc(N)c1C(=O)N(C)CCS(C)(=O)=O. The molecule has 0 aliphatic heterocycles. The number of nitrogen functional groups attached to an aromatic ring is 1. The van der Waals surface area contributed by atoms with Crippen LogP contribution in [0.1, 0.15) is 16.1 Å². The molecule has 1 aromatic heterocycles. The molecule has 0 radical (unpaired) electrons. The summed E-state index contributed by atoms with van der Waals surface area (Å²) in [5.41, 5.74) is 6.41. The summed E-state index contributed by atoms with van der Waals surface area (Å²) < 4.78 is 22.0. The van der Waals surface area contributed by atoms with Crippen LogP contribution in [0.3, 0.4) is 0 Å². The molecule has 0 aliphatic carbocycles. The van der Waals surface area contributed by atoms with E-state index >= 15 is 0 Å². The number of carbonyl (C=O) groups excluding carboxylic acids is 1. The normalized spacial score (nSPS) is 11.5. The predicted octanol–water partition coefficient (Wildman–Crippen LogP) is -0.583. The van der Waals surface area contributed by atoms with E-state index < -0.39 is 9.84 Å². The van der Waals surface area contributed by atoms with Crippen molar-refractivity contribution >= 4 is 21.6 Å². The molecule has 0 saturated carbocycles. The van der Waals surface area contributed by atoms with Gasteiger partial charge in [0.25, 0.3) is 5.91 Å². The number of aromatic amines is 1. The lowest BCUT2D eigenvalue weighted by Gasteiger charge is -2.16. The second-order valence-electron chi connectivity index (χ2n) is 3.97. The van der Waals surface area contributed by atoms with Gasteiger partial charge in [-0.15, -0.1) is 0 Å². The molecule has 3 N–H and O–H groups in total. The Morgan fingerprint density at radius 3 is 2.53 bits per heavy atom. The minimum atomic E-state index is -3.09. The van der Waals surface area contributed by atoms with Gasteiger partial charge in [0.15, 0.2) is 5.82 Å². The number of sulfone groups is 1. The Morgan fingerprint density at radius 2 is 2.12 bits per heavy atom. The number of H-pyrrole nitrogens is 1. The Balaban J connectivity index is 2.78. The molecule has 0 aliphatic rings. The minimum Gasteiger partial charge on any atom is -0.382 e. The van der Waals surface area contributed by atoms with E-state index in [2.05, 4.69) is 10.2 Å². The Morgan fingerprint density at radius 1 is 1.53 bits per heavy atom. The Hall–Kier alpha value is -1.57. The third-order valence-corrected chi connectivity index (χ3v) is 3.26. The van der Waals surface area contributed by atoms with Crippen molar-refractivity contribution < 1.29 is 13.2 Å². The zero-order valence-electron chi connectivity index (χ0n) is 10.0. The fourth-order valence-electron chi connectivity index (χ4n) is 1.31. The van der Waals surface area contributed by atoms with Crippen molar-refractivity contribution in [1.29, 1.82) is 0 Å². The second-order valence-corrected chi connectivity index (χ2v) is 6.23. The van der Waals surface area contributed by atoms with E-state index in [0.29, 0.717) is 11.3 Å². The fraction of sp³-hybridized carbons (Fsp3) is 0.556. The molecule has 0 bridgehead atoms. The lowest BCUT2D eigenvalue weighted by molar-refractivity contribution is 0.0804. The highest BCUT2D eigenvalue weighted by Crippen LogP contribution is 2.14. The van der Waals surface area contributed by atoms with E-state index in [4.69, 9.17) is 5.73 Å². The molecular formula is C9H16N4O3S. The van der Waals surface area contributed by atoms with Crippen LogP contribution in [-0.2, 0) is 9.84 Å². The van der Waals surface area contributed by atoms with Crippen LogP contribution in [0.5, 0.6) is 0 Å². The fourth-order valence-corrected chi connectivity index (χ4v) is 1.92. The lowest BCUT2D eigenvalue weighted by Crippen LogP contribution is -2.32. The number of aromatic nitrogens is 2. The monoisotopic (exact) mass is 260 g/mol. The number of rotatable bonds is 4. The molecule has 0 fully saturated rings. The third-order valence-electron chi connectivity index (χ3n) is 2.33. The van der Waals surface area contributed by atoms with Gasteiger partial charge < -0.3 is 10.6 Å². The van der Waals surface area contributed by atoms with Crippen LogP contribution in [-0.4, -0.2) is 55.0 Å². The van der Waals surface area contributed by atoms with Crippen LogP contribution in [0.2, 0.25) is 0 Å². The molecular weight excluding hydrogens is 244 g/mol. The average molecular weight is 260 g/mol. The topological polar surface area (TPSA) is 109 Å². The quantitative estimate of drug-likeness (QED) is 0.752. The molecule has 0 atom stereocenters. The Bertz CT molecular complexity index is 501. The summed E-state index contributed by atoms with van der Waals surface area (Å²) >= 11 is 0. The van der Waals surface area contributed by atoms with Gasteiger partial charge in [-0.05, 0) is 6.92 Å². The minimum absolute atomic E-state index is 0.0773. The van der Waals surface area contributed by atoms with Crippen molar-refractivity contribution in [1.82, 2.24) is 15.1 Å². The van der Waals surface area contributed by atoms with Crippen LogP contribution in [0.15, 0.2) is 0 Å². The number of anilines is 1. The van der Waals surface area contributed by atoms with Crippen molar-refractivity contribution in [3.63, 3.8) is 0 Å². The Kier molecular flexibility index (Phi) is 3.76. The van der Waals surface area contributed by atoms with Gasteiger partial charge in [0, 0.05) is 25.5 Å². The summed E-state index contributed by atoms with van der Waals surface area (Å²) in [5.74, 6) is -0.289. The Labute approximate surface area is 99.9 Å². The summed E-state index contributed by atoms with van der Waals surface area (Å²) in [7, 11) is -1.56. The molecule has 0 saturated heterocycles. The van der Waals surface area contributed by atoms with E-state index in [1.807, 2.05) is 0 Å². The number of amides is 1. The van der Waals surface area contributed by atoms with Gasteiger partial charge in [0.1, 0.15) is 15.4 Å². The highest BCUT2D eigenvalue weighted by Gasteiger charge is 2.20. The van der Waals surface area contributed by atoms with Crippen LogP contribution >= 0.6 is 0 Å². The molecule has 17 heavy (non-hydrogen) atoms. The molecule has 0 aromatic carbocycles. The molecule has 1 rings (SSSR count). The number of aryl methyl sites for hydroxylation is 1. The van der Waals surface area contributed by atoms with Gasteiger partial charge in [-0.25, -0.2) is 8.42 Å². The molecule has 0 spiro atoms. The van der Waals surface area contributed by atoms with E-state index in [1.165, 1.54) is 11.9 Å². The zero-order chi connectivity index (χ0) is 13.2. The van der Waals surface area contributed by atoms with Crippen molar-refractivity contribution in [3.05, 3.63) is 11.3 Å². The molecule has 1 amide bonds. The average Bonchev–Trinajstić information content (AvgIpc) is 2.53. The first kappa shape index (κ1) is 13.5. The predicted molar refractivity (Wildman–Crippen MR) is 64.4 cm³/mol. The van der Waals surface area contributed by atoms with Crippen molar-refractivity contribution in [2.45, 2.75) is 6.92 Å². The van der Waals surface area contributed by atoms with Gasteiger partial charge in [-0.2, -0.15) is 5.10 Å². The van der Waals surface area contributed by atoms with Crippen LogP contribution in [0, 0.1) is 6.92 Å². The number of nitrogens with two attached hydrogens (primary N) is 1. The summed E-state index contributed by atoms with van der Waals surface area (Å²) in [6, 6.07) is 0. The van der Waals surface area contributed by atoms with Crippen LogP contribution in [0.4, 0.5) is 5.82 Å². The first-order valence-electron chi connectivity index (χ1n) is 4.96. The number of nitrogens with one attached hydrogen (secondary N) is 1. The van der Waals surface area contributed by atoms with Crippen LogP contribution in [0.25, 0.3) is 0 Å². The van der Waals surface area contributed by atoms with E-state index in [-0.39, 0.29) is 24.0 Å². The largest absolute Gasteiger partial charge is 0.382 e. The van der Waals surface area contributed by atoms with E-state index in [9.17, 15) is 13.2 Å². The third kappa shape index (κ3) is 3.45. The lowest BCUT2D eigenvalue weighted by atomic mass is 10.2. The molecule has 8 heteroatoms. The standard InChI is InChI=1S/C9H16N4O3S/c1-6-7(8(10)12-11-6)9(14)13(2)4-5-17(3,15)16/h4-5H2,1-3H3,(H3,10,11,12). The summed E-state index contributed by atoms with van der Waals surface area (Å²) in [6.07, 6.45) is 1.13. The number of nitrogens with zero attached hydrogens (tertiary/aromatic N) is 2. The highest BCUT2D eigenvalue weighted by atomic mass is 32.2. The molecule has 7 nitrogen and oxygen atoms in total. The number of carbonyl (C=O) groups is 1. The summed E-state index contributed by atoms with van der Waals surface area (Å²) in [5, 5.41) is 6.32. The summed E-state index contributed by atoms with van der Waals surface area (Å²) in [4.78, 5) is 13.3. The summed E-state index contributed by atoms with van der Waals surface area (Å²) in [6.45, 7) is 1.81. The van der Waals surface area contributed by atoms with Gasteiger partial charge in [0.2, 0.25) is 0 Å². The molecule has 1 heterocycles. The maximum absolute atomic E-state index is 12.0. The second kappa shape index (κ2) is 4.74. The number of hydrogen-bond acceptors (Lipinski definition) is 5. The van der Waals surface area contributed by atoms with Crippen molar-refractivity contribution in [2.24, 2.45) is 0 Å². The number of hydrogen-bond donors (Lipinski definition) is 2. The maximum atomic E-state index is 12.0. The van der Waals surface area contributed by atoms with Gasteiger partial charge in [-0.3, -0.25) is 9.89 Å². The van der Waals surface area contributed by atoms with E-state index in [1.54, 1.807) is 6.92 Å². The highest BCUT2D eigenvalue weighted by molar-refractivity contribution is 7.90. The van der Waals surface area contributed by atoms with Gasteiger partial charge >= 0.3 is 0 Å². The first-order chi connectivity index (χ1) is 7.72. The van der Waals surface area contributed by atoms with Crippen molar-refractivity contribution in [3.8, 4) is 0 Å². The van der Waals surface area contributed by atoms with Crippen molar-refractivity contribution in [2.75, 3.05) is 31.3 Å². The smallest absolute Gasteiger partial charge is 0.259 e. The van der Waals surface area contributed by atoms with E-state index in [0.717, 1.165) is 6.26 Å². The van der Waals surface area contributed by atoms with Gasteiger partial charge in [0.05, 0.1) is 5.75 Å². The zero-order valence-corrected chi connectivity index (χ0v) is 10.8. The maximum Gasteiger partial charge on any atom is 0.259 e.